The second-order valence-corrected chi connectivity index (χ2v) is 3.52. The molecule has 0 fully saturated rings. The number of imidazole rings is 1. The minimum absolute atomic E-state index is 0.0689. The molecule has 16 heavy (non-hydrogen) atoms. The summed E-state index contributed by atoms with van der Waals surface area (Å²) in [5.41, 5.74) is 2.34. The number of nitrogens with zero attached hydrogens (tertiary/aromatic N) is 2. The Morgan fingerprint density at radius 3 is 2.94 bits per heavy atom. The van der Waals surface area contributed by atoms with Crippen LogP contribution in [0.5, 0.6) is 0 Å². The summed E-state index contributed by atoms with van der Waals surface area (Å²) in [5.74, 6) is 0. The van der Waals surface area contributed by atoms with Crippen LogP contribution in [0.3, 0.4) is 0 Å². The molecule has 0 aliphatic heterocycles. The van der Waals surface area contributed by atoms with E-state index < -0.39 is 0 Å². The van der Waals surface area contributed by atoms with Crippen molar-refractivity contribution in [1.82, 2.24) is 9.55 Å². The molecule has 0 amide bonds. The molecular weight excluding hydrogens is 200 g/mol. The van der Waals surface area contributed by atoms with Crippen LogP contribution in [0.15, 0.2) is 49.1 Å². The maximum atomic E-state index is 8.77. The Balaban J connectivity index is 2.22. The fourth-order valence-electron chi connectivity index (χ4n) is 1.60. The number of aliphatic hydroxyl groups excluding tert-OH is 1. The Morgan fingerprint density at radius 2 is 2.19 bits per heavy atom. The Hall–Kier alpha value is -1.87. The van der Waals surface area contributed by atoms with Crippen molar-refractivity contribution in [3.63, 3.8) is 0 Å². The van der Waals surface area contributed by atoms with E-state index in [1.54, 1.807) is 18.6 Å². The summed E-state index contributed by atoms with van der Waals surface area (Å²) >= 11 is 0. The molecule has 0 spiro atoms. The predicted molar refractivity (Wildman–Crippen MR) is 63.9 cm³/mol. The third kappa shape index (κ3) is 2.58. The quantitative estimate of drug-likeness (QED) is 0.844. The van der Waals surface area contributed by atoms with E-state index in [1.165, 1.54) is 5.56 Å². The van der Waals surface area contributed by atoms with E-state index in [4.69, 9.17) is 5.11 Å². The van der Waals surface area contributed by atoms with Gasteiger partial charge in [0.1, 0.15) is 0 Å². The standard InChI is InChI=1S/C13H14N2O/c16-9-3-6-12-4-1-2-5-13(12)10-15-8-7-14-11-15/h1-8,11,16H,9-10H2/b6-3+. The van der Waals surface area contributed by atoms with Crippen molar-refractivity contribution in [2.24, 2.45) is 0 Å². The highest BCUT2D eigenvalue weighted by molar-refractivity contribution is 5.53. The summed E-state index contributed by atoms with van der Waals surface area (Å²) in [5, 5.41) is 8.77. The lowest BCUT2D eigenvalue weighted by Crippen LogP contribution is -1.98. The average molecular weight is 214 g/mol. The third-order valence-electron chi connectivity index (χ3n) is 2.37. The van der Waals surface area contributed by atoms with Crippen molar-refractivity contribution in [2.75, 3.05) is 6.61 Å². The molecule has 0 atom stereocenters. The summed E-state index contributed by atoms with van der Waals surface area (Å²) in [7, 11) is 0. The monoisotopic (exact) mass is 214 g/mol. The molecule has 2 aromatic rings. The molecule has 1 N–H and O–H groups in total. The fraction of sp³-hybridized carbons (Fsp3) is 0.154. The van der Waals surface area contributed by atoms with E-state index in [0.29, 0.717) is 0 Å². The van der Waals surface area contributed by atoms with E-state index in [-0.39, 0.29) is 6.61 Å². The second kappa shape index (κ2) is 5.28. The van der Waals surface area contributed by atoms with Crippen LogP contribution in [0, 0.1) is 0 Å². The van der Waals surface area contributed by atoms with Crippen LogP contribution in [0.2, 0.25) is 0 Å². The zero-order valence-electron chi connectivity index (χ0n) is 8.95. The number of hydrogen-bond donors (Lipinski definition) is 1. The van der Waals surface area contributed by atoms with Gasteiger partial charge in [0.25, 0.3) is 0 Å². The summed E-state index contributed by atoms with van der Waals surface area (Å²) in [6, 6.07) is 8.13. The van der Waals surface area contributed by atoms with Crippen molar-refractivity contribution in [3.8, 4) is 0 Å². The van der Waals surface area contributed by atoms with Gasteiger partial charge in [0.2, 0.25) is 0 Å². The molecule has 3 nitrogen and oxygen atoms in total. The van der Waals surface area contributed by atoms with Crippen LogP contribution in [-0.4, -0.2) is 21.3 Å². The largest absolute Gasteiger partial charge is 0.392 e. The van der Waals surface area contributed by atoms with Crippen LogP contribution in [0.1, 0.15) is 11.1 Å². The van der Waals surface area contributed by atoms with Crippen molar-refractivity contribution < 1.29 is 5.11 Å². The summed E-state index contributed by atoms with van der Waals surface area (Å²) in [6.45, 7) is 0.866. The van der Waals surface area contributed by atoms with Gasteiger partial charge in [-0.05, 0) is 11.1 Å². The topological polar surface area (TPSA) is 38.0 Å². The Labute approximate surface area is 94.7 Å². The maximum Gasteiger partial charge on any atom is 0.0949 e. The molecule has 0 saturated carbocycles. The molecule has 0 unspecified atom stereocenters. The number of benzene rings is 1. The van der Waals surface area contributed by atoms with Crippen molar-refractivity contribution in [2.45, 2.75) is 6.54 Å². The fourth-order valence-corrected chi connectivity index (χ4v) is 1.60. The highest BCUT2D eigenvalue weighted by atomic mass is 16.2. The first-order valence-electron chi connectivity index (χ1n) is 5.21. The van der Waals surface area contributed by atoms with Gasteiger partial charge in [0, 0.05) is 18.9 Å². The van der Waals surface area contributed by atoms with Gasteiger partial charge in [-0.25, -0.2) is 4.98 Å². The van der Waals surface area contributed by atoms with Crippen LogP contribution in [-0.2, 0) is 6.54 Å². The Kier molecular flexibility index (Phi) is 3.51. The van der Waals surface area contributed by atoms with Crippen LogP contribution in [0.25, 0.3) is 6.08 Å². The van der Waals surface area contributed by atoms with Gasteiger partial charge in [-0.15, -0.1) is 0 Å². The summed E-state index contributed by atoms with van der Waals surface area (Å²) in [4.78, 5) is 4.02. The molecule has 0 aliphatic rings. The van der Waals surface area contributed by atoms with Crippen LogP contribution in [0.4, 0.5) is 0 Å². The van der Waals surface area contributed by atoms with Gasteiger partial charge in [-0.1, -0.05) is 36.4 Å². The SMILES string of the molecule is OC/C=C/c1ccccc1Cn1ccnc1. The first-order valence-corrected chi connectivity index (χ1v) is 5.21. The summed E-state index contributed by atoms with van der Waals surface area (Å²) < 4.78 is 2.02. The normalized spacial score (nSPS) is 11.1. The van der Waals surface area contributed by atoms with Crippen molar-refractivity contribution in [3.05, 3.63) is 60.2 Å². The molecule has 0 radical (unpaired) electrons. The Morgan fingerprint density at radius 1 is 1.31 bits per heavy atom. The van der Waals surface area contributed by atoms with Gasteiger partial charge in [0.05, 0.1) is 12.9 Å². The highest BCUT2D eigenvalue weighted by Gasteiger charge is 1.98. The molecule has 0 bridgehead atoms. The smallest absolute Gasteiger partial charge is 0.0949 e. The molecule has 3 heteroatoms. The van der Waals surface area contributed by atoms with Gasteiger partial charge < -0.3 is 9.67 Å². The van der Waals surface area contributed by atoms with Gasteiger partial charge >= 0.3 is 0 Å². The molecule has 0 saturated heterocycles. The predicted octanol–water partition coefficient (Wildman–Crippen LogP) is 1.94. The van der Waals surface area contributed by atoms with E-state index in [2.05, 4.69) is 11.1 Å². The lowest BCUT2D eigenvalue weighted by Gasteiger charge is -2.06. The third-order valence-corrected chi connectivity index (χ3v) is 2.37. The van der Waals surface area contributed by atoms with E-state index in [0.717, 1.165) is 12.1 Å². The number of aromatic nitrogens is 2. The lowest BCUT2D eigenvalue weighted by atomic mass is 10.1. The molecule has 82 valence electrons. The highest BCUT2D eigenvalue weighted by Crippen LogP contribution is 2.12. The van der Waals surface area contributed by atoms with Crippen LogP contribution >= 0.6 is 0 Å². The zero-order valence-corrected chi connectivity index (χ0v) is 8.95. The first-order chi connectivity index (χ1) is 7.90. The number of rotatable bonds is 4. The Bertz CT molecular complexity index is 461. The number of hydrogen-bond acceptors (Lipinski definition) is 2. The molecule has 1 aromatic heterocycles. The van der Waals surface area contributed by atoms with Crippen molar-refractivity contribution >= 4 is 6.08 Å². The molecule has 1 aromatic carbocycles. The molecule has 1 heterocycles. The zero-order chi connectivity index (χ0) is 11.2. The average Bonchev–Trinajstić information content (AvgIpc) is 2.81. The van der Waals surface area contributed by atoms with Gasteiger partial charge in [-0.2, -0.15) is 0 Å². The summed E-state index contributed by atoms with van der Waals surface area (Å²) in [6.07, 6.45) is 9.18. The lowest BCUT2D eigenvalue weighted by molar-refractivity contribution is 0.343. The second-order valence-electron chi connectivity index (χ2n) is 3.52. The molecule has 0 aliphatic carbocycles. The van der Waals surface area contributed by atoms with Crippen molar-refractivity contribution in [1.29, 1.82) is 0 Å². The van der Waals surface area contributed by atoms with Crippen LogP contribution < -0.4 is 0 Å². The van der Waals surface area contributed by atoms with E-state index in [9.17, 15) is 0 Å². The van der Waals surface area contributed by atoms with E-state index in [1.807, 2.05) is 35.0 Å². The minimum Gasteiger partial charge on any atom is -0.392 e. The van der Waals surface area contributed by atoms with Gasteiger partial charge in [0.15, 0.2) is 0 Å². The van der Waals surface area contributed by atoms with Gasteiger partial charge in [-0.3, -0.25) is 0 Å². The minimum atomic E-state index is 0.0689. The number of aliphatic hydroxyl groups is 1. The molecular formula is C13H14N2O. The first kappa shape index (κ1) is 10.6. The maximum absolute atomic E-state index is 8.77. The molecule has 2 rings (SSSR count). The van der Waals surface area contributed by atoms with E-state index >= 15 is 0 Å².